The van der Waals surface area contributed by atoms with Gasteiger partial charge in [-0.25, -0.2) is 5.26 Å². The van der Waals surface area contributed by atoms with Crippen molar-refractivity contribution in [2.24, 2.45) is 0 Å². The van der Waals surface area contributed by atoms with Crippen LogP contribution in [0.15, 0.2) is 82.6 Å². The molecule has 0 spiro atoms. The van der Waals surface area contributed by atoms with Crippen LogP contribution in [0.1, 0.15) is 15.9 Å². The van der Waals surface area contributed by atoms with E-state index in [1.54, 1.807) is 54.6 Å². The lowest BCUT2D eigenvalue weighted by Crippen LogP contribution is -2.02. The van der Waals surface area contributed by atoms with Crippen LogP contribution in [-0.4, -0.2) is 24.0 Å². The zero-order chi connectivity index (χ0) is 25.2. The fourth-order valence-corrected chi connectivity index (χ4v) is 4.79. The van der Waals surface area contributed by atoms with E-state index >= 15 is 0 Å². The minimum atomic E-state index is -4.48. The topological polar surface area (TPSA) is 119 Å². The quantitative estimate of drug-likeness (QED) is 0.0794. The summed E-state index contributed by atoms with van der Waals surface area (Å²) in [4.78, 5) is 12.6. The lowest BCUT2D eigenvalue weighted by Gasteiger charge is -2.11. The van der Waals surface area contributed by atoms with Crippen LogP contribution in [0.4, 0.5) is 0 Å². The first-order chi connectivity index (χ1) is 16.7. The SMILES string of the molecule is O=C(c1ccc(Oc2ccc3cc(S(=O)(=O)O)cc(SOOO)c3c2)cc1)c1cc(Cl)ccc1Cl. The van der Waals surface area contributed by atoms with Crippen molar-refractivity contribution in [3.8, 4) is 11.5 Å². The Morgan fingerprint density at radius 3 is 2.29 bits per heavy atom. The highest BCUT2D eigenvalue weighted by Gasteiger charge is 2.16. The molecule has 0 atom stereocenters. The molecule has 0 unspecified atom stereocenters. The highest BCUT2D eigenvalue weighted by atomic mass is 35.5. The molecule has 4 aromatic rings. The molecule has 8 nitrogen and oxygen atoms in total. The van der Waals surface area contributed by atoms with E-state index < -0.39 is 10.1 Å². The molecule has 0 radical (unpaired) electrons. The Bertz CT molecular complexity index is 1520. The summed E-state index contributed by atoms with van der Waals surface area (Å²) < 4.78 is 42.9. The molecule has 0 aliphatic carbocycles. The first-order valence-corrected chi connectivity index (χ1v) is 12.6. The Morgan fingerprint density at radius 1 is 0.886 bits per heavy atom. The van der Waals surface area contributed by atoms with Gasteiger partial charge in [-0.3, -0.25) is 9.35 Å². The highest BCUT2D eigenvalue weighted by molar-refractivity contribution is 7.94. The van der Waals surface area contributed by atoms with Gasteiger partial charge >= 0.3 is 0 Å². The average molecular weight is 553 g/mol. The van der Waals surface area contributed by atoms with Crippen molar-refractivity contribution < 1.29 is 37.1 Å². The number of halogens is 2. The molecule has 4 rings (SSSR count). The Morgan fingerprint density at radius 2 is 1.60 bits per heavy atom. The zero-order valence-electron chi connectivity index (χ0n) is 17.3. The Hall–Kier alpha value is -2.67. The van der Waals surface area contributed by atoms with E-state index in [1.807, 2.05) is 0 Å². The van der Waals surface area contributed by atoms with E-state index in [-0.39, 0.29) is 26.2 Å². The van der Waals surface area contributed by atoms with Crippen LogP contribution in [0.5, 0.6) is 11.5 Å². The maximum atomic E-state index is 12.8. The molecule has 180 valence electrons. The van der Waals surface area contributed by atoms with Crippen LogP contribution in [0.2, 0.25) is 10.0 Å². The fraction of sp³-hybridized carbons (Fsp3) is 0. The van der Waals surface area contributed by atoms with E-state index in [0.717, 1.165) is 6.07 Å². The first kappa shape index (κ1) is 25.4. The van der Waals surface area contributed by atoms with Gasteiger partial charge in [0.25, 0.3) is 10.1 Å². The van der Waals surface area contributed by atoms with Gasteiger partial charge in [-0.05, 0) is 72.1 Å². The minimum absolute atomic E-state index is 0.231. The van der Waals surface area contributed by atoms with Crippen molar-refractivity contribution in [2.45, 2.75) is 9.79 Å². The molecule has 2 N–H and O–H groups in total. The Kier molecular flexibility index (Phi) is 7.64. The van der Waals surface area contributed by atoms with Gasteiger partial charge in [0.15, 0.2) is 5.78 Å². The monoisotopic (exact) mass is 552 g/mol. The summed E-state index contributed by atoms with van der Waals surface area (Å²) in [5.74, 6) is 0.523. The van der Waals surface area contributed by atoms with Gasteiger partial charge in [-0.15, -0.1) is 4.33 Å². The number of hydrogen-bond acceptors (Lipinski definition) is 8. The molecule has 12 heteroatoms. The first-order valence-electron chi connectivity index (χ1n) is 9.63. The number of hydrogen-bond donors (Lipinski definition) is 2. The van der Waals surface area contributed by atoms with Crippen LogP contribution >= 0.6 is 35.2 Å². The van der Waals surface area contributed by atoms with Gasteiger partial charge in [-0.1, -0.05) is 34.3 Å². The molecule has 0 bridgehead atoms. The second kappa shape index (κ2) is 10.5. The highest BCUT2D eigenvalue weighted by Crippen LogP contribution is 2.35. The molecule has 35 heavy (non-hydrogen) atoms. The van der Waals surface area contributed by atoms with Crippen LogP contribution < -0.4 is 4.74 Å². The maximum absolute atomic E-state index is 12.8. The molecule has 0 aromatic heterocycles. The lowest BCUT2D eigenvalue weighted by molar-refractivity contribution is -0.432. The van der Waals surface area contributed by atoms with Gasteiger partial charge in [0.2, 0.25) is 0 Å². The number of ether oxygens (including phenoxy) is 1. The summed E-state index contributed by atoms with van der Waals surface area (Å²) in [6.07, 6.45) is 0. The van der Waals surface area contributed by atoms with Gasteiger partial charge in [0.1, 0.15) is 11.5 Å². The third-order valence-electron chi connectivity index (χ3n) is 4.84. The van der Waals surface area contributed by atoms with Crippen molar-refractivity contribution in [2.75, 3.05) is 0 Å². The van der Waals surface area contributed by atoms with Gasteiger partial charge in [-0.2, -0.15) is 8.42 Å². The van der Waals surface area contributed by atoms with Crippen molar-refractivity contribution in [3.05, 3.63) is 94.0 Å². The van der Waals surface area contributed by atoms with Crippen LogP contribution in [0.3, 0.4) is 0 Å². The van der Waals surface area contributed by atoms with Crippen molar-refractivity contribution in [1.82, 2.24) is 0 Å². The lowest BCUT2D eigenvalue weighted by atomic mass is 10.0. The largest absolute Gasteiger partial charge is 0.457 e. The molecule has 0 saturated heterocycles. The van der Waals surface area contributed by atoms with E-state index in [2.05, 4.69) is 9.37 Å². The van der Waals surface area contributed by atoms with E-state index in [9.17, 15) is 17.8 Å². The molecule has 0 amide bonds. The number of carbonyl (C=O) groups is 1. The average Bonchev–Trinajstić information content (AvgIpc) is 2.83. The fourth-order valence-electron chi connectivity index (χ4n) is 3.25. The predicted molar refractivity (Wildman–Crippen MR) is 131 cm³/mol. The van der Waals surface area contributed by atoms with E-state index in [0.29, 0.717) is 44.9 Å². The molecule has 0 fully saturated rings. The number of carbonyl (C=O) groups excluding carboxylic acids is 1. The molecular formula is C23H14Cl2O8S2. The second-order valence-electron chi connectivity index (χ2n) is 7.09. The summed E-state index contributed by atoms with van der Waals surface area (Å²) in [7, 11) is -4.48. The third kappa shape index (κ3) is 5.95. The van der Waals surface area contributed by atoms with E-state index in [1.165, 1.54) is 12.1 Å². The summed E-state index contributed by atoms with van der Waals surface area (Å²) in [6.45, 7) is 0. The number of ketones is 1. The second-order valence-corrected chi connectivity index (χ2v) is 10.1. The maximum Gasteiger partial charge on any atom is 0.294 e. The summed E-state index contributed by atoms with van der Waals surface area (Å²) in [6, 6.07) is 18.3. The number of benzene rings is 4. The zero-order valence-corrected chi connectivity index (χ0v) is 20.5. The molecule has 4 aromatic carbocycles. The Balaban J connectivity index is 1.61. The van der Waals surface area contributed by atoms with Crippen LogP contribution in [0.25, 0.3) is 10.8 Å². The predicted octanol–water partition coefficient (Wildman–Crippen LogP) is 6.84. The number of rotatable bonds is 8. The van der Waals surface area contributed by atoms with Gasteiger partial charge in [0.05, 0.1) is 22.0 Å². The van der Waals surface area contributed by atoms with Crippen LogP contribution in [0, 0.1) is 0 Å². The third-order valence-corrected chi connectivity index (χ3v) is 6.88. The van der Waals surface area contributed by atoms with Crippen molar-refractivity contribution in [1.29, 1.82) is 0 Å². The van der Waals surface area contributed by atoms with Crippen LogP contribution in [-0.2, 0) is 19.5 Å². The molecule has 0 aliphatic heterocycles. The minimum Gasteiger partial charge on any atom is -0.457 e. The van der Waals surface area contributed by atoms with Gasteiger partial charge < -0.3 is 4.74 Å². The number of fused-ring (bicyclic) bond motifs is 1. The van der Waals surface area contributed by atoms with Gasteiger partial charge in [0, 0.05) is 26.4 Å². The molecule has 0 aliphatic rings. The molecular weight excluding hydrogens is 539 g/mol. The summed E-state index contributed by atoms with van der Waals surface area (Å²) in [5.41, 5.74) is 0.670. The standard InChI is InChI=1S/C23H14Cl2O8S2/c24-15-4-8-21(25)20(10-15)23(26)13-1-5-16(6-2-13)31-17-7-3-14-9-18(35(28,29)30)12-22(19(14)11-17)34-33-32-27/h1-12,27H,(H,28,29,30). The van der Waals surface area contributed by atoms with Crippen molar-refractivity contribution in [3.63, 3.8) is 0 Å². The molecule has 0 heterocycles. The molecule has 0 saturated carbocycles. The van der Waals surface area contributed by atoms with Crippen molar-refractivity contribution >= 4 is 61.9 Å². The Labute approximate surface area is 213 Å². The smallest absolute Gasteiger partial charge is 0.294 e. The summed E-state index contributed by atoms with van der Waals surface area (Å²) >= 11 is 12.6. The van der Waals surface area contributed by atoms with E-state index in [4.69, 9.17) is 33.2 Å². The summed E-state index contributed by atoms with van der Waals surface area (Å²) in [5, 5.41) is 13.7. The normalized spacial score (nSPS) is 11.5.